The Morgan fingerprint density at radius 2 is 1.76 bits per heavy atom. The van der Waals surface area contributed by atoms with Crippen molar-refractivity contribution in [2.75, 3.05) is 0 Å². The average Bonchev–Trinajstić information content (AvgIpc) is 3.38. The van der Waals surface area contributed by atoms with Crippen LogP contribution in [0, 0.1) is 0 Å². The van der Waals surface area contributed by atoms with Gasteiger partial charge in [-0.2, -0.15) is 10.3 Å². The van der Waals surface area contributed by atoms with Crippen LogP contribution in [-0.4, -0.2) is 40.8 Å². The molecule has 8 heteroatoms. The van der Waals surface area contributed by atoms with Crippen LogP contribution in [0.15, 0.2) is 48.5 Å². The number of nitrogens with one attached hydrogen (secondary N) is 1. The lowest BCUT2D eigenvalue weighted by molar-refractivity contribution is 0.490. The molecule has 2 aromatic heterocycles. The van der Waals surface area contributed by atoms with Gasteiger partial charge in [-0.3, -0.25) is 0 Å². The van der Waals surface area contributed by atoms with Crippen molar-refractivity contribution in [2.45, 2.75) is 32.7 Å². The molecule has 0 radical (unpaired) electrons. The number of benzene rings is 2. The lowest BCUT2D eigenvalue weighted by Gasteiger charge is -2.18. The quantitative estimate of drug-likeness (QED) is 0.510. The highest BCUT2D eigenvalue weighted by Crippen LogP contribution is 2.30. The number of thiocarbonyl (C=S) groups is 1. The van der Waals surface area contributed by atoms with Crippen molar-refractivity contribution >= 4 is 17.6 Å². The maximum absolute atomic E-state index is 5.02. The molecule has 2 aromatic carbocycles. The fraction of sp³-hybridized carbons (Fsp3) is 0.238. The molecule has 0 spiro atoms. The molecule has 1 N–H and O–H groups in total. The third kappa shape index (κ3) is 3.97. The molecule has 0 aliphatic heterocycles. The molecule has 7 nitrogen and oxygen atoms in total. The molecule has 4 rings (SSSR count). The number of H-pyrrole nitrogens is 1. The van der Waals surface area contributed by atoms with Gasteiger partial charge in [0.25, 0.3) is 0 Å². The summed E-state index contributed by atoms with van der Waals surface area (Å²) in [6, 6.07) is 16.4. The predicted octanol–water partition coefficient (Wildman–Crippen LogP) is 3.82. The summed E-state index contributed by atoms with van der Waals surface area (Å²) in [7, 11) is 0. The highest BCUT2D eigenvalue weighted by Gasteiger charge is 2.22. The summed E-state index contributed by atoms with van der Waals surface area (Å²) in [5.41, 5.74) is 4.10. The van der Waals surface area contributed by atoms with Crippen molar-refractivity contribution < 1.29 is 0 Å². The Morgan fingerprint density at radius 3 is 2.38 bits per heavy atom. The van der Waals surface area contributed by atoms with Gasteiger partial charge in [0, 0.05) is 16.3 Å². The minimum Gasteiger partial charge on any atom is -0.244 e. The van der Waals surface area contributed by atoms with E-state index in [2.05, 4.69) is 81.8 Å². The smallest absolute Gasteiger partial charge is 0.205 e. The van der Waals surface area contributed by atoms with Crippen LogP contribution >= 0.6 is 12.2 Å². The summed E-state index contributed by atoms with van der Waals surface area (Å²) in [5, 5.41) is 20.5. The van der Waals surface area contributed by atoms with Crippen molar-refractivity contribution in [3.63, 3.8) is 0 Å². The summed E-state index contributed by atoms with van der Waals surface area (Å²) in [4.78, 5) is 4.57. The number of hydrogen-bond acceptors (Lipinski definition) is 6. The number of hydrogen-bond donors (Lipinski definition) is 1. The van der Waals surface area contributed by atoms with E-state index in [9.17, 15) is 0 Å². The second-order valence-electron chi connectivity index (χ2n) is 7.80. The summed E-state index contributed by atoms with van der Waals surface area (Å²) in [5.74, 6) is 2.07. The number of aromatic amines is 1. The first-order valence-electron chi connectivity index (χ1n) is 9.28. The van der Waals surface area contributed by atoms with Crippen molar-refractivity contribution in [2.24, 2.45) is 0 Å². The average molecular weight is 404 g/mol. The Labute approximate surface area is 174 Å². The van der Waals surface area contributed by atoms with Crippen LogP contribution in [0.25, 0.3) is 22.5 Å². The second-order valence-corrected chi connectivity index (χ2v) is 8.03. The monoisotopic (exact) mass is 403 g/mol. The van der Waals surface area contributed by atoms with E-state index >= 15 is 0 Å². The fourth-order valence-electron chi connectivity index (χ4n) is 3.24. The Bertz CT molecular complexity index is 1120. The number of nitrogens with zero attached hydrogens (tertiary/aromatic N) is 6. The van der Waals surface area contributed by atoms with Crippen LogP contribution in [0.3, 0.4) is 0 Å². The summed E-state index contributed by atoms with van der Waals surface area (Å²) in [6.45, 7) is 7.01. The van der Waals surface area contributed by atoms with Crippen molar-refractivity contribution in [3.8, 4) is 22.5 Å². The molecule has 0 bridgehead atoms. The van der Waals surface area contributed by atoms with E-state index in [4.69, 9.17) is 12.2 Å². The minimum absolute atomic E-state index is 0.118. The van der Waals surface area contributed by atoms with E-state index in [0.29, 0.717) is 18.2 Å². The van der Waals surface area contributed by atoms with Gasteiger partial charge >= 0.3 is 0 Å². The summed E-state index contributed by atoms with van der Waals surface area (Å²) in [6.07, 6.45) is 0. The van der Waals surface area contributed by atoms with Crippen LogP contribution in [0.5, 0.6) is 0 Å². The topological polar surface area (TPSA) is 85.2 Å². The molecule has 0 aliphatic rings. The maximum Gasteiger partial charge on any atom is 0.205 e. The van der Waals surface area contributed by atoms with Gasteiger partial charge in [0.2, 0.25) is 5.82 Å². The third-order valence-electron chi connectivity index (χ3n) is 4.57. The van der Waals surface area contributed by atoms with E-state index in [1.165, 1.54) is 5.37 Å². The van der Waals surface area contributed by atoms with Gasteiger partial charge in [-0.1, -0.05) is 81.5 Å². The van der Waals surface area contributed by atoms with Gasteiger partial charge in [-0.05, 0) is 21.9 Å². The van der Waals surface area contributed by atoms with Gasteiger partial charge in [-0.25, -0.2) is 9.67 Å². The zero-order valence-corrected chi connectivity index (χ0v) is 17.3. The molecule has 0 amide bonds. The third-order valence-corrected chi connectivity index (χ3v) is 4.79. The fourth-order valence-corrected chi connectivity index (χ4v) is 3.34. The van der Waals surface area contributed by atoms with Crippen molar-refractivity contribution in [1.29, 1.82) is 0 Å². The molecule has 4 aromatic rings. The SMILES string of the molecule is CC(C)(C)c1nc(C=S)nn1Cc1ccc(-c2ccccc2-c2nn[nH]n2)cc1. The zero-order chi connectivity index (χ0) is 20.4. The van der Waals surface area contributed by atoms with E-state index < -0.39 is 0 Å². The molecule has 0 fully saturated rings. The van der Waals surface area contributed by atoms with Gasteiger partial charge < -0.3 is 0 Å². The Balaban J connectivity index is 1.64. The van der Waals surface area contributed by atoms with Gasteiger partial charge in [-0.15, -0.1) is 10.2 Å². The lowest BCUT2D eigenvalue weighted by Crippen LogP contribution is -2.20. The Morgan fingerprint density at radius 1 is 1.03 bits per heavy atom. The van der Waals surface area contributed by atoms with Crippen molar-refractivity contribution in [1.82, 2.24) is 35.4 Å². The highest BCUT2D eigenvalue weighted by molar-refractivity contribution is 7.79. The Hall–Kier alpha value is -3.26. The summed E-state index contributed by atoms with van der Waals surface area (Å²) >= 11 is 5.02. The van der Waals surface area contributed by atoms with Crippen LogP contribution in [-0.2, 0) is 12.0 Å². The molecule has 0 saturated heterocycles. The molecule has 29 heavy (non-hydrogen) atoms. The predicted molar refractivity (Wildman–Crippen MR) is 116 cm³/mol. The number of tetrazole rings is 1. The Kier molecular flexibility index (Phi) is 5.02. The summed E-state index contributed by atoms with van der Waals surface area (Å²) < 4.78 is 1.93. The first-order valence-corrected chi connectivity index (χ1v) is 9.75. The first-order chi connectivity index (χ1) is 14.0. The number of aromatic nitrogens is 7. The van der Waals surface area contributed by atoms with Gasteiger partial charge in [0.05, 0.1) is 6.54 Å². The van der Waals surface area contributed by atoms with E-state index in [1.54, 1.807) is 0 Å². The molecular weight excluding hydrogens is 382 g/mol. The van der Waals surface area contributed by atoms with Gasteiger partial charge in [0.1, 0.15) is 5.82 Å². The van der Waals surface area contributed by atoms with Crippen LogP contribution in [0.2, 0.25) is 0 Å². The largest absolute Gasteiger partial charge is 0.244 e. The standard InChI is InChI=1S/C21H21N7S/c1-21(2,3)20-22-18(13-29)25-28(20)12-14-8-10-15(11-9-14)16-6-4-5-7-17(16)19-23-26-27-24-19/h4-11,13H,12H2,1-3H3,(H,23,24,26,27). The van der Waals surface area contributed by atoms with Crippen LogP contribution in [0.4, 0.5) is 0 Å². The van der Waals surface area contributed by atoms with E-state index in [1.807, 2.05) is 22.9 Å². The first kappa shape index (κ1) is 19.1. The molecular formula is C21H21N7S. The molecule has 0 saturated carbocycles. The second kappa shape index (κ2) is 7.63. The molecule has 0 atom stereocenters. The normalized spacial score (nSPS) is 11.6. The lowest BCUT2D eigenvalue weighted by atomic mass is 9.95. The molecule has 0 aliphatic carbocycles. The minimum atomic E-state index is -0.118. The van der Waals surface area contributed by atoms with E-state index in [0.717, 1.165) is 28.1 Å². The van der Waals surface area contributed by atoms with E-state index in [-0.39, 0.29) is 5.41 Å². The van der Waals surface area contributed by atoms with Crippen LogP contribution in [0.1, 0.15) is 38.0 Å². The van der Waals surface area contributed by atoms with Crippen LogP contribution < -0.4 is 0 Å². The highest BCUT2D eigenvalue weighted by atomic mass is 32.1. The van der Waals surface area contributed by atoms with Gasteiger partial charge in [0.15, 0.2) is 5.82 Å². The zero-order valence-electron chi connectivity index (χ0n) is 16.5. The van der Waals surface area contributed by atoms with Crippen molar-refractivity contribution in [3.05, 3.63) is 65.7 Å². The molecule has 146 valence electrons. The molecule has 2 heterocycles. The number of rotatable bonds is 5. The molecule has 0 unspecified atom stereocenters. The maximum atomic E-state index is 5.02.